The maximum atomic E-state index is 13.0. The zero-order chi connectivity index (χ0) is 18.5. The lowest BCUT2D eigenvalue weighted by atomic mass is 9.90. The first-order valence-corrected chi connectivity index (χ1v) is 8.29. The van der Waals surface area contributed by atoms with Crippen molar-refractivity contribution in [1.29, 1.82) is 0 Å². The van der Waals surface area contributed by atoms with Crippen LogP contribution in [-0.4, -0.2) is 10.8 Å². The molecule has 3 aromatic rings. The van der Waals surface area contributed by atoms with Crippen LogP contribution in [0.2, 0.25) is 5.02 Å². The van der Waals surface area contributed by atoms with E-state index in [1.54, 1.807) is 0 Å². The summed E-state index contributed by atoms with van der Waals surface area (Å²) in [5.41, 5.74) is 1.89. The van der Waals surface area contributed by atoms with Crippen LogP contribution >= 0.6 is 11.6 Å². The third kappa shape index (κ3) is 3.90. The van der Waals surface area contributed by atoms with Gasteiger partial charge < -0.3 is 5.32 Å². The fraction of sp³-hybridized carbons (Fsp3) is 0.0500. The number of hydrogen-bond acceptors (Lipinski definition) is 3. The van der Waals surface area contributed by atoms with Crippen LogP contribution in [0.3, 0.4) is 0 Å². The smallest absolute Gasteiger partial charge is 0.271 e. The number of nitro benzene ring substituents is 1. The number of nitro groups is 1. The number of carbonyl (C=O) groups is 1. The second-order valence-electron chi connectivity index (χ2n) is 5.66. The Labute approximate surface area is 155 Å². The number of amides is 1. The summed E-state index contributed by atoms with van der Waals surface area (Å²) >= 11 is 6.10. The molecule has 0 bridgehead atoms. The Kier molecular flexibility index (Phi) is 5.29. The molecule has 0 fully saturated rings. The highest BCUT2D eigenvalue weighted by molar-refractivity contribution is 6.34. The first kappa shape index (κ1) is 17.6. The predicted molar refractivity (Wildman–Crippen MR) is 101 cm³/mol. The second-order valence-corrected chi connectivity index (χ2v) is 6.07. The van der Waals surface area contributed by atoms with E-state index in [4.69, 9.17) is 11.6 Å². The van der Waals surface area contributed by atoms with Crippen LogP contribution in [0.1, 0.15) is 17.0 Å². The monoisotopic (exact) mass is 366 g/mol. The quantitative estimate of drug-likeness (QED) is 0.509. The molecule has 0 radical (unpaired) electrons. The average Bonchev–Trinajstić information content (AvgIpc) is 2.65. The summed E-state index contributed by atoms with van der Waals surface area (Å²) in [6.45, 7) is 0. The lowest BCUT2D eigenvalue weighted by Crippen LogP contribution is -2.22. The van der Waals surface area contributed by atoms with Crippen LogP contribution < -0.4 is 5.32 Å². The van der Waals surface area contributed by atoms with Crippen LogP contribution in [0.5, 0.6) is 0 Å². The van der Waals surface area contributed by atoms with E-state index in [0.717, 1.165) is 11.1 Å². The van der Waals surface area contributed by atoms with Crippen LogP contribution in [0, 0.1) is 10.1 Å². The van der Waals surface area contributed by atoms with Crippen LogP contribution in [-0.2, 0) is 4.79 Å². The molecule has 0 saturated carbocycles. The van der Waals surface area contributed by atoms with Gasteiger partial charge in [0.2, 0.25) is 5.91 Å². The standard InChI is InChI=1S/C20H15ClN2O3/c21-17-13-16(23(25)26)11-12-18(17)22-20(24)19(14-7-3-1-4-8-14)15-9-5-2-6-10-15/h1-13,19H,(H,22,24). The summed E-state index contributed by atoms with van der Waals surface area (Å²) in [5, 5.41) is 13.7. The van der Waals surface area contributed by atoms with Crippen molar-refractivity contribution in [2.45, 2.75) is 5.92 Å². The Morgan fingerprint density at radius 1 is 0.923 bits per heavy atom. The van der Waals surface area contributed by atoms with Gasteiger partial charge in [-0.2, -0.15) is 0 Å². The summed E-state index contributed by atoms with van der Waals surface area (Å²) in [6, 6.07) is 22.8. The molecule has 0 spiro atoms. The fourth-order valence-corrected chi connectivity index (χ4v) is 2.93. The molecule has 0 unspecified atom stereocenters. The van der Waals surface area contributed by atoms with E-state index in [1.165, 1.54) is 18.2 Å². The van der Waals surface area contributed by atoms with Gasteiger partial charge >= 0.3 is 0 Å². The van der Waals surface area contributed by atoms with E-state index >= 15 is 0 Å². The zero-order valence-corrected chi connectivity index (χ0v) is 14.4. The largest absolute Gasteiger partial charge is 0.324 e. The Bertz CT molecular complexity index is 891. The minimum atomic E-state index is -0.534. The Morgan fingerprint density at radius 3 is 1.92 bits per heavy atom. The molecule has 0 saturated heterocycles. The minimum Gasteiger partial charge on any atom is -0.324 e. The normalized spacial score (nSPS) is 10.5. The number of carbonyl (C=O) groups excluding carboxylic acids is 1. The topological polar surface area (TPSA) is 72.2 Å². The van der Waals surface area contributed by atoms with Gasteiger partial charge in [-0.15, -0.1) is 0 Å². The molecular formula is C20H15ClN2O3. The fourth-order valence-electron chi connectivity index (χ4n) is 2.71. The van der Waals surface area contributed by atoms with Crippen molar-refractivity contribution in [2.75, 3.05) is 5.32 Å². The van der Waals surface area contributed by atoms with E-state index in [0.29, 0.717) is 5.69 Å². The molecular weight excluding hydrogens is 352 g/mol. The van der Waals surface area contributed by atoms with Crippen LogP contribution in [0.25, 0.3) is 0 Å². The van der Waals surface area contributed by atoms with Gasteiger partial charge in [0.1, 0.15) is 0 Å². The molecule has 6 heteroatoms. The molecule has 5 nitrogen and oxygen atoms in total. The molecule has 3 aromatic carbocycles. The van der Waals surface area contributed by atoms with Crippen LogP contribution in [0.4, 0.5) is 11.4 Å². The third-order valence-electron chi connectivity index (χ3n) is 3.95. The average molecular weight is 367 g/mol. The number of rotatable bonds is 5. The van der Waals surface area contributed by atoms with Gasteiger partial charge in [-0.1, -0.05) is 72.3 Å². The van der Waals surface area contributed by atoms with Crippen molar-refractivity contribution in [3.05, 3.63) is 105 Å². The second kappa shape index (κ2) is 7.80. The Hall–Kier alpha value is -3.18. The number of anilines is 1. The number of non-ortho nitro benzene ring substituents is 1. The van der Waals surface area contributed by atoms with E-state index in [-0.39, 0.29) is 16.6 Å². The SMILES string of the molecule is O=C(Nc1ccc([N+](=O)[O-])cc1Cl)C(c1ccccc1)c1ccccc1. The number of hydrogen-bond donors (Lipinski definition) is 1. The van der Waals surface area contributed by atoms with E-state index in [1.807, 2.05) is 60.7 Å². The number of nitrogens with zero attached hydrogens (tertiary/aromatic N) is 1. The minimum absolute atomic E-state index is 0.118. The first-order chi connectivity index (χ1) is 12.6. The summed E-state index contributed by atoms with van der Waals surface area (Å²) in [7, 11) is 0. The van der Waals surface area contributed by atoms with Gasteiger partial charge in [0.05, 0.1) is 21.6 Å². The van der Waals surface area contributed by atoms with Crippen molar-refractivity contribution in [3.63, 3.8) is 0 Å². The zero-order valence-electron chi connectivity index (χ0n) is 13.6. The van der Waals surface area contributed by atoms with Crippen molar-refractivity contribution in [3.8, 4) is 0 Å². The van der Waals surface area contributed by atoms with Gasteiger partial charge in [-0.3, -0.25) is 14.9 Å². The molecule has 1 amide bonds. The molecule has 130 valence electrons. The Balaban J connectivity index is 1.93. The molecule has 26 heavy (non-hydrogen) atoms. The molecule has 0 aliphatic heterocycles. The lowest BCUT2D eigenvalue weighted by molar-refractivity contribution is -0.384. The first-order valence-electron chi connectivity index (χ1n) is 7.91. The maximum absolute atomic E-state index is 13.0. The van der Waals surface area contributed by atoms with Gasteiger partial charge in [-0.25, -0.2) is 0 Å². The van der Waals surface area contributed by atoms with E-state index in [2.05, 4.69) is 5.32 Å². The van der Waals surface area contributed by atoms with Gasteiger partial charge in [0, 0.05) is 12.1 Å². The highest BCUT2D eigenvalue weighted by atomic mass is 35.5. The lowest BCUT2D eigenvalue weighted by Gasteiger charge is -2.18. The molecule has 1 N–H and O–H groups in total. The van der Waals surface area contributed by atoms with Crippen molar-refractivity contribution in [2.24, 2.45) is 0 Å². The number of nitrogens with one attached hydrogen (secondary N) is 1. The number of halogens is 1. The van der Waals surface area contributed by atoms with Crippen molar-refractivity contribution < 1.29 is 9.72 Å². The summed E-state index contributed by atoms with van der Waals surface area (Å²) < 4.78 is 0. The number of benzene rings is 3. The highest BCUT2D eigenvalue weighted by Gasteiger charge is 2.23. The van der Waals surface area contributed by atoms with Crippen molar-refractivity contribution >= 4 is 28.9 Å². The molecule has 0 aliphatic rings. The van der Waals surface area contributed by atoms with Crippen molar-refractivity contribution in [1.82, 2.24) is 0 Å². The molecule has 0 atom stereocenters. The van der Waals surface area contributed by atoms with E-state index in [9.17, 15) is 14.9 Å². The third-order valence-corrected chi connectivity index (χ3v) is 4.26. The van der Waals surface area contributed by atoms with Crippen LogP contribution in [0.15, 0.2) is 78.9 Å². The van der Waals surface area contributed by atoms with Gasteiger partial charge in [0.25, 0.3) is 5.69 Å². The van der Waals surface area contributed by atoms with E-state index < -0.39 is 10.8 Å². The molecule has 0 aromatic heterocycles. The van der Waals surface area contributed by atoms with Gasteiger partial charge in [-0.05, 0) is 17.2 Å². The summed E-state index contributed by atoms with van der Waals surface area (Å²) in [5.74, 6) is -0.790. The summed E-state index contributed by atoms with van der Waals surface area (Å²) in [4.78, 5) is 23.3. The molecule has 0 aliphatic carbocycles. The summed E-state index contributed by atoms with van der Waals surface area (Å²) in [6.07, 6.45) is 0. The molecule has 3 rings (SSSR count). The molecule has 0 heterocycles. The Morgan fingerprint density at radius 2 is 1.46 bits per heavy atom. The van der Waals surface area contributed by atoms with Gasteiger partial charge in [0.15, 0.2) is 0 Å². The predicted octanol–water partition coefficient (Wildman–Crippen LogP) is 5.02. The highest BCUT2D eigenvalue weighted by Crippen LogP contribution is 2.30. The maximum Gasteiger partial charge on any atom is 0.271 e.